The maximum atomic E-state index is 12.6. The third-order valence-electron chi connectivity index (χ3n) is 4.03. The first kappa shape index (κ1) is 18.5. The molecule has 2 rings (SSSR count). The maximum Gasteiger partial charge on any atom is 0.287 e. The number of hydrogen-bond acceptors (Lipinski definition) is 3. The summed E-state index contributed by atoms with van der Waals surface area (Å²) >= 11 is 0. The van der Waals surface area contributed by atoms with Gasteiger partial charge in [0.15, 0.2) is 5.76 Å². The second kappa shape index (κ2) is 7.83. The van der Waals surface area contributed by atoms with E-state index in [1.165, 1.54) is 0 Å². The average Bonchev–Trinajstić information content (AvgIpc) is 2.90. The molecule has 1 heterocycles. The van der Waals surface area contributed by atoms with Crippen molar-refractivity contribution in [2.45, 2.75) is 26.8 Å². The van der Waals surface area contributed by atoms with Gasteiger partial charge in [-0.2, -0.15) is 0 Å². The molecule has 5 nitrogen and oxygen atoms in total. The van der Waals surface area contributed by atoms with Crippen LogP contribution in [0.3, 0.4) is 0 Å². The SMILES string of the molecule is C=CCN(CC=C)C(=O)C(C)NC(=O)c1oc2cc(C)ccc2c1C. The summed E-state index contributed by atoms with van der Waals surface area (Å²) in [6.45, 7) is 13.5. The molecule has 5 heteroatoms. The van der Waals surface area contributed by atoms with Gasteiger partial charge in [0.25, 0.3) is 5.91 Å². The Bertz CT molecular complexity index is 810. The summed E-state index contributed by atoms with van der Waals surface area (Å²) in [6, 6.07) is 5.12. The number of benzene rings is 1. The lowest BCUT2D eigenvalue weighted by Gasteiger charge is -2.23. The fourth-order valence-corrected chi connectivity index (χ4v) is 2.71. The van der Waals surface area contributed by atoms with Gasteiger partial charge in [-0.3, -0.25) is 9.59 Å². The van der Waals surface area contributed by atoms with E-state index in [0.29, 0.717) is 18.7 Å². The molecule has 1 unspecified atom stereocenters. The molecule has 2 amide bonds. The van der Waals surface area contributed by atoms with Crippen LogP contribution in [0.15, 0.2) is 47.9 Å². The molecule has 25 heavy (non-hydrogen) atoms. The van der Waals surface area contributed by atoms with E-state index >= 15 is 0 Å². The van der Waals surface area contributed by atoms with E-state index in [1.807, 2.05) is 32.0 Å². The minimum Gasteiger partial charge on any atom is -0.451 e. The number of nitrogens with zero attached hydrogens (tertiary/aromatic N) is 1. The lowest BCUT2D eigenvalue weighted by molar-refractivity contribution is -0.131. The van der Waals surface area contributed by atoms with Crippen molar-refractivity contribution < 1.29 is 14.0 Å². The van der Waals surface area contributed by atoms with Gasteiger partial charge in [-0.15, -0.1) is 13.2 Å². The Kier molecular flexibility index (Phi) is 5.80. The summed E-state index contributed by atoms with van der Waals surface area (Å²) in [5, 5.41) is 3.62. The van der Waals surface area contributed by atoms with Gasteiger partial charge in [0, 0.05) is 24.0 Å². The predicted octanol–water partition coefficient (Wildman–Crippen LogP) is 3.37. The molecule has 1 aromatic heterocycles. The molecule has 0 bridgehead atoms. The predicted molar refractivity (Wildman–Crippen MR) is 99.6 cm³/mol. The molecule has 0 radical (unpaired) electrons. The Morgan fingerprint density at radius 2 is 1.88 bits per heavy atom. The van der Waals surface area contributed by atoms with E-state index in [9.17, 15) is 9.59 Å². The van der Waals surface area contributed by atoms with Crippen molar-refractivity contribution in [2.24, 2.45) is 0 Å². The van der Waals surface area contributed by atoms with Crippen molar-refractivity contribution >= 4 is 22.8 Å². The van der Waals surface area contributed by atoms with Crippen LogP contribution in [0.25, 0.3) is 11.0 Å². The summed E-state index contributed by atoms with van der Waals surface area (Å²) in [5.41, 5.74) is 2.49. The molecule has 132 valence electrons. The monoisotopic (exact) mass is 340 g/mol. The van der Waals surface area contributed by atoms with E-state index < -0.39 is 11.9 Å². The Hall–Kier alpha value is -2.82. The average molecular weight is 340 g/mol. The first-order chi connectivity index (χ1) is 11.9. The zero-order valence-electron chi connectivity index (χ0n) is 15.0. The topological polar surface area (TPSA) is 62.6 Å². The second-order valence-electron chi connectivity index (χ2n) is 6.07. The molecule has 0 aliphatic rings. The van der Waals surface area contributed by atoms with E-state index in [2.05, 4.69) is 18.5 Å². The van der Waals surface area contributed by atoms with Gasteiger partial charge < -0.3 is 14.6 Å². The van der Waals surface area contributed by atoms with Crippen molar-refractivity contribution in [2.75, 3.05) is 13.1 Å². The molecule has 0 aliphatic heterocycles. The molecule has 0 saturated carbocycles. The number of carbonyl (C=O) groups excluding carboxylic acids is 2. The lowest BCUT2D eigenvalue weighted by atomic mass is 10.1. The summed E-state index contributed by atoms with van der Waals surface area (Å²) < 4.78 is 5.71. The Morgan fingerprint density at radius 1 is 1.24 bits per heavy atom. The van der Waals surface area contributed by atoms with Crippen LogP contribution in [0.1, 0.15) is 28.6 Å². The number of aryl methyl sites for hydroxylation is 2. The number of rotatable bonds is 7. The Labute approximate surface area is 148 Å². The Balaban J connectivity index is 2.18. The zero-order chi connectivity index (χ0) is 18.6. The van der Waals surface area contributed by atoms with E-state index in [4.69, 9.17) is 4.42 Å². The largest absolute Gasteiger partial charge is 0.451 e. The third-order valence-corrected chi connectivity index (χ3v) is 4.03. The fraction of sp³-hybridized carbons (Fsp3) is 0.300. The van der Waals surface area contributed by atoms with E-state index in [-0.39, 0.29) is 11.7 Å². The molecule has 0 fully saturated rings. The van der Waals surface area contributed by atoms with Gasteiger partial charge in [-0.1, -0.05) is 24.3 Å². The third kappa shape index (κ3) is 3.99. The quantitative estimate of drug-likeness (QED) is 0.786. The van der Waals surface area contributed by atoms with Crippen LogP contribution in [0.4, 0.5) is 0 Å². The van der Waals surface area contributed by atoms with Crippen molar-refractivity contribution in [3.63, 3.8) is 0 Å². The van der Waals surface area contributed by atoms with Crippen molar-refractivity contribution in [1.29, 1.82) is 0 Å². The highest BCUT2D eigenvalue weighted by Crippen LogP contribution is 2.26. The molecule has 1 N–H and O–H groups in total. The fourth-order valence-electron chi connectivity index (χ4n) is 2.71. The normalized spacial score (nSPS) is 11.8. The van der Waals surface area contributed by atoms with E-state index in [0.717, 1.165) is 16.5 Å². The van der Waals surface area contributed by atoms with Crippen molar-refractivity contribution in [1.82, 2.24) is 10.2 Å². The highest BCUT2D eigenvalue weighted by atomic mass is 16.3. The first-order valence-corrected chi connectivity index (χ1v) is 8.20. The van der Waals surface area contributed by atoms with Gasteiger partial charge >= 0.3 is 0 Å². The second-order valence-corrected chi connectivity index (χ2v) is 6.07. The van der Waals surface area contributed by atoms with Crippen LogP contribution in [-0.4, -0.2) is 35.8 Å². The molecule has 1 aromatic carbocycles. The molecular weight excluding hydrogens is 316 g/mol. The number of amides is 2. The molecule has 0 spiro atoms. The summed E-state index contributed by atoms with van der Waals surface area (Å²) in [4.78, 5) is 26.6. The van der Waals surface area contributed by atoms with Crippen LogP contribution >= 0.6 is 0 Å². The van der Waals surface area contributed by atoms with Gasteiger partial charge in [-0.25, -0.2) is 0 Å². The zero-order valence-corrected chi connectivity index (χ0v) is 15.0. The molecule has 2 aromatic rings. The minimum absolute atomic E-state index is 0.197. The molecular formula is C20H24N2O3. The number of carbonyl (C=O) groups is 2. The van der Waals surface area contributed by atoms with Gasteiger partial charge in [0.05, 0.1) is 0 Å². The lowest BCUT2D eigenvalue weighted by Crippen LogP contribution is -2.47. The number of furan rings is 1. The molecule has 0 saturated heterocycles. The molecule has 1 atom stereocenters. The molecule has 0 aliphatic carbocycles. The van der Waals surface area contributed by atoms with E-state index in [1.54, 1.807) is 24.0 Å². The van der Waals surface area contributed by atoms with Crippen LogP contribution in [0.5, 0.6) is 0 Å². The highest BCUT2D eigenvalue weighted by molar-refractivity contribution is 6.00. The Morgan fingerprint density at radius 3 is 2.48 bits per heavy atom. The van der Waals surface area contributed by atoms with Gasteiger partial charge in [0.2, 0.25) is 5.91 Å². The smallest absolute Gasteiger partial charge is 0.287 e. The highest BCUT2D eigenvalue weighted by Gasteiger charge is 2.24. The maximum absolute atomic E-state index is 12.6. The van der Waals surface area contributed by atoms with Crippen molar-refractivity contribution in [3.05, 3.63) is 60.4 Å². The van der Waals surface area contributed by atoms with Crippen LogP contribution in [0, 0.1) is 13.8 Å². The summed E-state index contributed by atoms with van der Waals surface area (Å²) in [6.07, 6.45) is 3.28. The number of fused-ring (bicyclic) bond motifs is 1. The first-order valence-electron chi connectivity index (χ1n) is 8.20. The van der Waals surface area contributed by atoms with Crippen LogP contribution < -0.4 is 5.32 Å². The summed E-state index contributed by atoms with van der Waals surface area (Å²) in [5.74, 6) is -0.360. The van der Waals surface area contributed by atoms with Crippen molar-refractivity contribution in [3.8, 4) is 0 Å². The standard InChI is InChI=1S/C20H24N2O3/c1-6-10-22(11-7-2)20(24)15(5)21-19(23)18-14(4)16-9-8-13(3)12-17(16)25-18/h6-9,12,15H,1-2,10-11H2,3-5H3,(H,21,23). The number of hydrogen-bond donors (Lipinski definition) is 1. The van der Waals surface area contributed by atoms with Crippen LogP contribution in [-0.2, 0) is 4.79 Å². The number of nitrogens with one attached hydrogen (secondary N) is 1. The summed E-state index contributed by atoms with van der Waals surface area (Å²) in [7, 11) is 0. The van der Waals surface area contributed by atoms with Gasteiger partial charge in [-0.05, 0) is 32.4 Å². The van der Waals surface area contributed by atoms with Gasteiger partial charge in [0.1, 0.15) is 11.6 Å². The van der Waals surface area contributed by atoms with Crippen LogP contribution in [0.2, 0.25) is 0 Å². The minimum atomic E-state index is -0.679.